The second-order valence-corrected chi connectivity index (χ2v) is 7.88. The molecule has 0 bridgehead atoms. The minimum atomic E-state index is -0.185. The molecular weight excluding hydrogens is 374 g/mol. The second kappa shape index (κ2) is 7.20. The van der Waals surface area contributed by atoms with Crippen LogP contribution in [0.1, 0.15) is 23.8 Å². The summed E-state index contributed by atoms with van der Waals surface area (Å²) in [7, 11) is 0. The quantitative estimate of drug-likeness (QED) is 0.561. The Morgan fingerprint density at radius 2 is 2.04 bits per heavy atom. The standard InChI is InChI=1S/C20H21N5O2S/c1-4-25-15-8-6-5-7-14(15)22-20(25)23-16(26)9-10-24-11-21-18-17(19(24)27)12(2)13(3)28-18/h5-8,11H,4,9-10H2,1-3H3,(H,22,23,26). The van der Waals surface area contributed by atoms with Gasteiger partial charge in [0.2, 0.25) is 11.9 Å². The third kappa shape index (κ3) is 3.09. The number of aromatic nitrogens is 4. The van der Waals surface area contributed by atoms with E-state index in [1.807, 2.05) is 49.6 Å². The number of hydrogen-bond acceptors (Lipinski definition) is 5. The van der Waals surface area contributed by atoms with Crippen LogP contribution < -0.4 is 10.9 Å². The van der Waals surface area contributed by atoms with Crippen molar-refractivity contribution in [2.45, 2.75) is 40.3 Å². The molecule has 28 heavy (non-hydrogen) atoms. The maximum Gasteiger partial charge on any atom is 0.262 e. The van der Waals surface area contributed by atoms with Gasteiger partial charge in [-0.05, 0) is 38.5 Å². The zero-order valence-corrected chi connectivity index (χ0v) is 16.8. The SMILES string of the molecule is CCn1c(NC(=O)CCn2cnc3sc(C)c(C)c3c2=O)nc2ccccc21. The van der Waals surface area contributed by atoms with Crippen molar-refractivity contribution in [3.63, 3.8) is 0 Å². The monoisotopic (exact) mass is 395 g/mol. The number of benzene rings is 1. The van der Waals surface area contributed by atoms with Crippen LogP contribution in [-0.2, 0) is 17.9 Å². The molecule has 1 aromatic carbocycles. The van der Waals surface area contributed by atoms with Crippen LogP contribution in [0.4, 0.5) is 5.95 Å². The number of thiophene rings is 1. The Morgan fingerprint density at radius 1 is 1.25 bits per heavy atom. The second-order valence-electron chi connectivity index (χ2n) is 6.67. The van der Waals surface area contributed by atoms with Crippen LogP contribution in [-0.4, -0.2) is 25.0 Å². The molecule has 1 N–H and O–H groups in total. The van der Waals surface area contributed by atoms with Gasteiger partial charge in [-0.15, -0.1) is 11.3 Å². The van der Waals surface area contributed by atoms with Gasteiger partial charge in [0.25, 0.3) is 5.56 Å². The normalized spacial score (nSPS) is 11.4. The Hall–Kier alpha value is -3.00. The molecule has 144 valence electrons. The van der Waals surface area contributed by atoms with Gasteiger partial charge >= 0.3 is 0 Å². The Morgan fingerprint density at radius 3 is 2.82 bits per heavy atom. The maximum absolute atomic E-state index is 12.7. The van der Waals surface area contributed by atoms with Gasteiger partial charge < -0.3 is 4.57 Å². The number of anilines is 1. The largest absolute Gasteiger partial charge is 0.310 e. The first-order chi connectivity index (χ1) is 13.5. The third-order valence-corrected chi connectivity index (χ3v) is 6.07. The minimum absolute atomic E-state index is 0.0968. The zero-order chi connectivity index (χ0) is 19.8. The topological polar surface area (TPSA) is 81.8 Å². The van der Waals surface area contributed by atoms with E-state index in [0.29, 0.717) is 17.9 Å². The molecule has 0 saturated heterocycles. The fourth-order valence-corrected chi connectivity index (χ4v) is 4.32. The van der Waals surface area contributed by atoms with Crippen LogP contribution in [0, 0.1) is 13.8 Å². The summed E-state index contributed by atoms with van der Waals surface area (Å²) < 4.78 is 3.47. The summed E-state index contributed by atoms with van der Waals surface area (Å²) in [6.07, 6.45) is 1.69. The number of hydrogen-bond donors (Lipinski definition) is 1. The Kier molecular flexibility index (Phi) is 4.72. The summed E-state index contributed by atoms with van der Waals surface area (Å²) in [6.45, 7) is 6.90. The highest BCUT2D eigenvalue weighted by atomic mass is 32.1. The van der Waals surface area contributed by atoms with Gasteiger partial charge in [-0.25, -0.2) is 9.97 Å². The third-order valence-electron chi connectivity index (χ3n) is 4.96. The van der Waals surface area contributed by atoms with Gasteiger partial charge in [0, 0.05) is 24.4 Å². The molecule has 8 heteroatoms. The molecule has 0 aliphatic heterocycles. The summed E-state index contributed by atoms with van der Waals surface area (Å²) in [5.74, 6) is 0.342. The highest BCUT2D eigenvalue weighted by Gasteiger charge is 2.14. The van der Waals surface area contributed by atoms with Crippen molar-refractivity contribution >= 4 is 44.4 Å². The van der Waals surface area contributed by atoms with Gasteiger partial charge in [-0.3, -0.25) is 19.5 Å². The first-order valence-electron chi connectivity index (χ1n) is 9.20. The Labute approximate surface area is 165 Å². The van der Waals surface area contributed by atoms with E-state index in [2.05, 4.69) is 15.3 Å². The van der Waals surface area contributed by atoms with E-state index in [1.54, 1.807) is 0 Å². The maximum atomic E-state index is 12.7. The summed E-state index contributed by atoms with van der Waals surface area (Å²) in [5, 5.41) is 3.52. The van der Waals surface area contributed by atoms with Crippen LogP contribution in [0.15, 0.2) is 35.4 Å². The van der Waals surface area contributed by atoms with E-state index < -0.39 is 0 Å². The number of fused-ring (bicyclic) bond motifs is 2. The summed E-state index contributed by atoms with van der Waals surface area (Å²) in [6, 6.07) is 7.77. The lowest BCUT2D eigenvalue weighted by molar-refractivity contribution is -0.116. The van der Waals surface area contributed by atoms with Gasteiger partial charge in [0.15, 0.2) is 0 Å². The van der Waals surface area contributed by atoms with Crippen molar-refractivity contribution < 1.29 is 4.79 Å². The van der Waals surface area contributed by atoms with Gasteiger partial charge in [-0.1, -0.05) is 12.1 Å². The molecule has 3 heterocycles. The van der Waals surface area contributed by atoms with E-state index in [1.165, 1.54) is 22.2 Å². The molecule has 0 fully saturated rings. The summed E-state index contributed by atoms with van der Waals surface area (Å²) in [5.41, 5.74) is 2.69. The van der Waals surface area contributed by atoms with Gasteiger partial charge in [0.1, 0.15) is 4.83 Å². The predicted octanol–water partition coefficient (Wildman–Crippen LogP) is 3.47. The van der Waals surface area contributed by atoms with Crippen molar-refractivity contribution in [2.75, 3.05) is 5.32 Å². The fraction of sp³-hybridized carbons (Fsp3) is 0.300. The highest BCUT2D eigenvalue weighted by Crippen LogP contribution is 2.25. The molecule has 0 spiro atoms. The number of nitrogens with zero attached hydrogens (tertiary/aromatic N) is 4. The lowest BCUT2D eigenvalue weighted by Gasteiger charge is -2.08. The van der Waals surface area contributed by atoms with Gasteiger partial charge in [0.05, 0.1) is 22.7 Å². The van der Waals surface area contributed by atoms with E-state index >= 15 is 0 Å². The minimum Gasteiger partial charge on any atom is -0.310 e. The Bertz CT molecular complexity index is 1250. The van der Waals surface area contributed by atoms with Crippen molar-refractivity contribution in [3.8, 4) is 0 Å². The number of aryl methyl sites for hydroxylation is 4. The van der Waals surface area contributed by atoms with Crippen LogP contribution in [0.25, 0.3) is 21.3 Å². The van der Waals surface area contributed by atoms with Crippen molar-refractivity contribution in [1.29, 1.82) is 0 Å². The average molecular weight is 395 g/mol. The molecule has 0 radical (unpaired) electrons. The molecule has 0 saturated carbocycles. The predicted molar refractivity (Wildman–Crippen MR) is 112 cm³/mol. The summed E-state index contributed by atoms with van der Waals surface area (Å²) >= 11 is 1.52. The molecule has 4 aromatic rings. The lowest BCUT2D eigenvalue weighted by Crippen LogP contribution is -2.24. The molecule has 0 unspecified atom stereocenters. The van der Waals surface area contributed by atoms with E-state index in [-0.39, 0.29) is 24.4 Å². The summed E-state index contributed by atoms with van der Waals surface area (Å²) in [4.78, 5) is 35.9. The zero-order valence-electron chi connectivity index (χ0n) is 16.0. The molecular formula is C20H21N5O2S. The van der Waals surface area contributed by atoms with Crippen molar-refractivity contribution in [2.24, 2.45) is 0 Å². The van der Waals surface area contributed by atoms with Crippen molar-refractivity contribution in [3.05, 3.63) is 51.4 Å². The molecule has 0 aliphatic rings. The lowest BCUT2D eigenvalue weighted by atomic mass is 10.2. The van der Waals surface area contributed by atoms with E-state index in [0.717, 1.165) is 26.3 Å². The highest BCUT2D eigenvalue weighted by molar-refractivity contribution is 7.18. The van der Waals surface area contributed by atoms with Crippen LogP contribution in [0.3, 0.4) is 0 Å². The molecule has 1 amide bonds. The molecule has 7 nitrogen and oxygen atoms in total. The fourth-order valence-electron chi connectivity index (χ4n) is 3.33. The Balaban J connectivity index is 1.53. The number of nitrogens with one attached hydrogen (secondary N) is 1. The first kappa shape index (κ1) is 18.4. The molecule has 4 rings (SSSR count). The number of carbonyl (C=O) groups excluding carboxylic acids is 1. The van der Waals surface area contributed by atoms with E-state index in [9.17, 15) is 9.59 Å². The van der Waals surface area contributed by atoms with E-state index in [4.69, 9.17) is 0 Å². The molecule has 3 aromatic heterocycles. The number of rotatable bonds is 5. The smallest absolute Gasteiger partial charge is 0.262 e. The van der Waals surface area contributed by atoms with Crippen LogP contribution in [0.5, 0.6) is 0 Å². The average Bonchev–Trinajstić information content (AvgIpc) is 3.18. The van der Waals surface area contributed by atoms with Gasteiger partial charge in [-0.2, -0.15) is 0 Å². The molecule has 0 aliphatic carbocycles. The molecule has 0 atom stereocenters. The number of para-hydroxylation sites is 2. The number of carbonyl (C=O) groups is 1. The first-order valence-corrected chi connectivity index (χ1v) is 10.0. The number of imidazole rings is 1. The van der Waals surface area contributed by atoms with Crippen LogP contribution >= 0.6 is 11.3 Å². The van der Waals surface area contributed by atoms with Crippen LogP contribution in [0.2, 0.25) is 0 Å². The van der Waals surface area contributed by atoms with Crippen molar-refractivity contribution in [1.82, 2.24) is 19.1 Å². The number of amides is 1.